The van der Waals surface area contributed by atoms with E-state index in [9.17, 15) is 0 Å². The Morgan fingerprint density at radius 3 is 1.43 bits per heavy atom. The Morgan fingerprint density at radius 1 is 1.29 bits per heavy atom. The van der Waals surface area contributed by atoms with E-state index >= 15 is 0 Å². The van der Waals surface area contributed by atoms with Crippen LogP contribution >= 0.6 is 0 Å². The van der Waals surface area contributed by atoms with Crippen molar-refractivity contribution in [3.8, 4) is 0 Å². The van der Waals surface area contributed by atoms with Gasteiger partial charge in [-0.15, -0.1) is 0 Å². The van der Waals surface area contributed by atoms with Crippen molar-refractivity contribution < 1.29 is 49.2 Å². The number of aliphatic hydroxyl groups is 1. The van der Waals surface area contributed by atoms with E-state index < -0.39 is 0 Å². The number of rotatable bonds is 1. The smallest absolute Gasteiger partial charge is 0.0428 e. The molecule has 0 saturated heterocycles. The molecule has 2 heteroatoms. The molecule has 0 aromatic heterocycles. The van der Waals surface area contributed by atoms with Gasteiger partial charge in [0, 0.05) is 50.7 Å². The number of hydrogen-bond donors (Lipinski definition) is 1. The Labute approximate surface area is 82.1 Å². The minimum atomic E-state index is 0. The Hall–Kier alpha value is 1.40. The van der Waals surface area contributed by atoms with Gasteiger partial charge in [0.2, 0.25) is 0 Å². The molecule has 0 aromatic rings. The molecule has 0 aliphatic rings. The minimum absolute atomic E-state index is 0. The van der Waals surface area contributed by atoms with Crippen molar-refractivity contribution in [3.63, 3.8) is 0 Å². The summed E-state index contributed by atoms with van der Waals surface area (Å²) in [6.07, 6.45) is 0.875. The van der Waals surface area contributed by atoms with Crippen LogP contribution in [-0.2, 0) is 0 Å². The maximum absolute atomic E-state index is 7.88. The van der Waals surface area contributed by atoms with Crippen LogP contribution in [0.4, 0.5) is 0 Å². The van der Waals surface area contributed by atoms with Gasteiger partial charge in [-0.25, -0.2) is 0 Å². The molecular weight excluding hydrogens is 303 g/mol. The quantitative estimate of drug-likeness (QED) is 0.775. The van der Waals surface area contributed by atoms with Gasteiger partial charge in [-0.2, -0.15) is 0 Å². The normalized spacial score (nSPS) is 5.14. The van der Waals surface area contributed by atoms with Gasteiger partial charge in [-0.1, -0.05) is 20.8 Å². The van der Waals surface area contributed by atoms with Crippen LogP contribution in [0.5, 0.6) is 0 Å². The van der Waals surface area contributed by atoms with Crippen LogP contribution in [0.1, 0.15) is 27.2 Å². The van der Waals surface area contributed by atoms with Crippen molar-refractivity contribution >= 4 is 0 Å². The summed E-state index contributed by atoms with van der Waals surface area (Å²) in [4.78, 5) is 0. The van der Waals surface area contributed by atoms with Crippen LogP contribution in [0.3, 0.4) is 0 Å². The number of hydrogen-bond acceptors (Lipinski definition) is 1. The summed E-state index contributed by atoms with van der Waals surface area (Å²) in [7, 11) is 0. The molecule has 0 atom stereocenters. The van der Waals surface area contributed by atoms with E-state index in [0.717, 1.165) is 6.42 Å². The molecule has 0 saturated carbocycles. The Balaban J connectivity index is -0.0000000480. The van der Waals surface area contributed by atoms with Crippen LogP contribution < -0.4 is 0 Å². The summed E-state index contributed by atoms with van der Waals surface area (Å²) >= 11 is 0. The molecular formula is C5H14AcO. The second kappa shape index (κ2) is 26.2. The Kier molecular flexibility index (Phi) is 59.1. The first kappa shape index (κ1) is 15.8. The second-order valence-corrected chi connectivity index (χ2v) is 0.724. The van der Waals surface area contributed by atoms with E-state index in [-0.39, 0.29) is 44.1 Å². The molecule has 0 spiro atoms. The second-order valence-electron chi connectivity index (χ2n) is 0.724. The van der Waals surface area contributed by atoms with Crippen molar-refractivity contribution in [2.45, 2.75) is 27.2 Å². The van der Waals surface area contributed by atoms with E-state index in [1.54, 1.807) is 0 Å². The van der Waals surface area contributed by atoms with Crippen LogP contribution in [0.25, 0.3) is 0 Å². The average Bonchev–Trinajstić information content (AvgIpc) is 1.72. The van der Waals surface area contributed by atoms with Crippen LogP contribution in [-0.4, -0.2) is 11.7 Å². The third kappa shape index (κ3) is 37.4. The van der Waals surface area contributed by atoms with E-state index in [1.165, 1.54) is 0 Å². The van der Waals surface area contributed by atoms with Crippen molar-refractivity contribution in [1.29, 1.82) is 0 Å². The molecule has 1 radical (unpaired) electrons. The molecule has 0 amide bonds. The molecule has 1 nitrogen and oxygen atoms in total. The Morgan fingerprint density at radius 2 is 1.43 bits per heavy atom. The zero-order valence-corrected chi connectivity index (χ0v) is 10.2. The molecule has 0 aliphatic carbocycles. The predicted molar refractivity (Wildman–Crippen MR) is 28.7 cm³/mol. The van der Waals surface area contributed by atoms with Crippen LogP contribution in [0.2, 0.25) is 0 Å². The van der Waals surface area contributed by atoms with Crippen molar-refractivity contribution in [2.75, 3.05) is 6.61 Å². The molecule has 0 bridgehead atoms. The standard InChI is InChI=1S/C3H8O.C2H6.Ac/c1-2-3-4;1-2;/h4H,2-3H2,1H3;1-2H3;. The molecule has 7 heavy (non-hydrogen) atoms. The van der Waals surface area contributed by atoms with Gasteiger partial charge >= 0.3 is 0 Å². The zero-order chi connectivity index (χ0) is 5.41. The number of aliphatic hydroxyl groups excluding tert-OH is 1. The van der Waals surface area contributed by atoms with Gasteiger partial charge in [0.25, 0.3) is 0 Å². The van der Waals surface area contributed by atoms with E-state index in [2.05, 4.69) is 0 Å². The van der Waals surface area contributed by atoms with Crippen molar-refractivity contribution in [3.05, 3.63) is 0 Å². The predicted octanol–water partition coefficient (Wildman–Crippen LogP) is 1.41. The van der Waals surface area contributed by atoms with E-state index in [4.69, 9.17) is 5.11 Å². The molecule has 0 aliphatic heterocycles. The third-order valence-electron chi connectivity index (χ3n) is 0.224. The minimum Gasteiger partial charge on any atom is -0.396 e. The molecule has 0 aromatic carbocycles. The molecule has 0 rings (SSSR count). The summed E-state index contributed by atoms with van der Waals surface area (Å²) < 4.78 is 0. The Bertz CT molecular complexity index is 10.0. The third-order valence-corrected chi connectivity index (χ3v) is 0.224. The average molecular weight is 317 g/mol. The van der Waals surface area contributed by atoms with Gasteiger partial charge in [0.1, 0.15) is 0 Å². The SMILES string of the molecule is CC.CCCO.[Ac]. The van der Waals surface area contributed by atoms with E-state index in [1.807, 2.05) is 20.8 Å². The van der Waals surface area contributed by atoms with Crippen LogP contribution in [0.15, 0.2) is 0 Å². The van der Waals surface area contributed by atoms with Gasteiger partial charge in [-0.3, -0.25) is 0 Å². The van der Waals surface area contributed by atoms with Gasteiger partial charge in [0.05, 0.1) is 0 Å². The monoisotopic (exact) mass is 317 g/mol. The first-order valence-corrected chi connectivity index (χ1v) is 2.52. The fourth-order valence-corrected chi connectivity index (χ4v) is 0. The molecule has 43 valence electrons. The maximum atomic E-state index is 7.88. The molecule has 1 N–H and O–H groups in total. The summed E-state index contributed by atoms with van der Waals surface area (Å²) in [6, 6.07) is 0. The van der Waals surface area contributed by atoms with Crippen molar-refractivity contribution in [2.24, 2.45) is 0 Å². The molecule has 0 heterocycles. The van der Waals surface area contributed by atoms with Crippen molar-refractivity contribution in [1.82, 2.24) is 0 Å². The van der Waals surface area contributed by atoms with Crippen LogP contribution in [0, 0.1) is 44.1 Å². The summed E-state index contributed by atoms with van der Waals surface area (Å²) in [5, 5.41) is 7.88. The van der Waals surface area contributed by atoms with E-state index in [0.29, 0.717) is 6.61 Å². The topological polar surface area (TPSA) is 20.2 Å². The molecule has 0 unspecified atom stereocenters. The fraction of sp³-hybridized carbons (Fsp3) is 1.00. The zero-order valence-electron chi connectivity index (χ0n) is 5.44. The first-order valence-electron chi connectivity index (χ1n) is 2.52. The van der Waals surface area contributed by atoms with Gasteiger partial charge in [-0.05, 0) is 6.42 Å². The summed E-state index contributed by atoms with van der Waals surface area (Å²) in [5.74, 6) is 0. The summed E-state index contributed by atoms with van der Waals surface area (Å²) in [5.41, 5.74) is 0. The first-order chi connectivity index (χ1) is 2.91. The van der Waals surface area contributed by atoms with Gasteiger partial charge < -0.3 is 5.11 Å². The maximum Gasteiger partial charge on any atom is 0.0428 e. The fourth-order valence-electron chi connectivity index (χ4n) is 0. The molecule has 0 fully saturated rings. The van der Waals surface area contributed by atoms with Gasteiger partial charge in [0.15, 0.2) is 0 Å². The largest absolute Gasteiger partial charge is 0.396 e. The summed E-state index contributed by atoms with van der Waals surface area (Å²) in [6.45, 7) is 6.25.